The van der Waals surface area contributed by atoms with E-state index >= 15 is 0 Å². The van der Waals surface area contributed by atoms with E-state index in [1.54, 1.807) is 6.07 Å². The van der Waals surface area contributed by atoms with E-state index in [9.17, 15) is 14.4 Å². The largest absolute Gasteiger partial charge is 0.466 e. The van der Waals surface area contributed by atoms with Crippen LogP contribution in [0.3, 0.4) is 0 Å². The third kappa shape index (κ3) is 6.94. The van der Waals surface area contributed by atoms with Gasteiger partial charge in [-0.2, -0.15) is 0 Å². The molecule has 1 saturated carbocycles. The molecule has 0 unspecified atom stereocenters. The first-order valence-corrected chi connectivity index (χ1v) is 13.0. The number of rotatable bonds is 9. The van der Waals surface area contributed by atoms with Crippen LogP contribution in [0.2, 0.25) is 0 Å². The van der Waals surface area contributed by atoms with Crippen LogP contribution in [-0.4, -0.2) is 61.0 Å². The monoisotopic (exact) mass is 491 g/mol. The quantitative estimate of drug-likeness (QED) is 0.526. The van der Waals surface area contributed by atoms with Gasteiger partial charge in [0.05, 0.1) is 25.6 Å². The van der Waals surface area contributed by atoms with E-state index < -0.39 is 0 Å². The summed E-state index contributed by atoms with van der Waals surface area (Å²) in [5.74, 6) is 0.0127. The van der Waals surface area contributed by atoms with Gasteiger partial charge in [0.2, 0.25) is 5.91 Å². The number of amides is 2. The average molecular weight is 492 g/mol. The van der Waals surface area contributed by atoms with Gasteiger partial charge in [-0.3, -0.25) is 19.3 Å². The van der Waals surface area contributed by atoms with Crippen LogP contribution in [-0.2, 0) is 20.7 Å². The fourth-order valence-electron chi connectivity index (χ4n) is 5.29. The van der Waals surface area contributed by atoms with Gasteiger partial charge in [0.1, 0.15) is 0 Å². The molecule has 1 aliphatic carbocycles. The lowest BCUT2D eigenvalue weighted by Gasteiger charge is -2.46. The molecule has 4 rings (SSSR count). The van der Waals surface area contributed by atoms with Gasteiger partial charge in [0.15, 0.2) is 0 Å². The Morgan fingerprint density at radius 2 is 1.72 bits per heavy atom. The Balaban J connectivity index is 1.13. The molecule has 2 aromatic carbocycles. The summed E-state index contributed by atoms with van der Waals surface area (Å²) in [7, 11) is 0. The van der Waals surface area contributed by atoms with Crippen molar-refractivity contribution in [3.8, 4) is 0 Å². The van der Waals surface area contributed by atoms with Crippen LogP contribution in [0.15, 0.2) is 48.5 Å². The van der Waals surface area contributed by atoms with Gasteiger partial charge in [-0.05, 0) is 68.7 Å². The van der Waals surface area contributed by atoms with Gasteiger partial charge in [0.25, 0.3) is 5.91 Å². The molecule has 7 heteroatoms. The predicted molar refractivity (Wildman–Crippen MR) is 139 cm³/mol. The zero-order valence-corrected chi connectivity index (χ0v) is 21.3. The van der Waals surface area contributed by atoms with Crippen molar-refractivity contribution in [1.29, 1.82) is 0 Å². The summed E-state index contributed by atoms with van der Waals surface area (Å²) >= 11 is 0. The summed E-state index contributed by atoms with van der Waals surface area (Å²) < 4.78 is 5.03. The number of carbonyl (C=O) groups is 3. The summed E-state index contributed by atoms with van der Waals surface area (Å²) in [6.07, 6.45) is 4.94. The molecule has 192 valence electrons. The number of aryl methyl sites for hydroxylation is 1. The van der Waals surface area contributed by atoms with Crippen molar-refractivity contribution in [3.05, 3.63) is 70.8 Å². The first kappa shape index (κ1) is 25.9. The van der Waals surface area contributed by atoms with Gasteiger partial charge < -0.3 is 15.4 Å². The molecule has 2 fully saturated rings. The average Bonchev–Trinajstić information content (AvgIpc) is 2.85. The molecule has 0 radical (unpaired) electrons. The second-order valence-corrected chi connectivity index (χ2v) is 10.00. The minimum atomic E-state index is -0.227. The Hall–Kier alpha value is -3.19. The lowest BCUT2D eigenvalue weighted by molar-refractivity contribution is -0.142. The molecule has 0 bridgehead atoms. The number of ether oxygens (including phenoxy) is 1. The summed E-state index contributed by atoms with van der Waals surface area (Å²) in [6.45, 7) is 5.91. The van der Waals surface area contributed by atoms with Crippen molar-refractivity contribution < 1.29 is 19.1 Å². The van der Waals surface area contributed by atoms with Gasteiger partial charge >= 0.3 is 5.97 Å². The van der Waals surface area contributed by atoms with Crippen LogP contribution in [0.4, 0.5) is 0 Å². The minimum Gasteiger partial charge on any atom is -0.466 e. The molecule has 0 aromatic heterocycles. The van der Waals surface area contributed by atoms with Crippen LogP contribution < -0.4 is 10.6 Å². The van der Waals surface area contributed by atoms with Crippen LogP contribution in [0.25, 0.3) is 0 Å². The number of nitrogens with one attached hydrogen (secondary N) is 2. The minimum absolute atomic E-state index is 0.00698. The molecule has 1 heterocycles. The SMILES string of the molecule is CCOC(=O)Cc1ccc(C2CCC(N3CC(NC(=O)CNC(=O)c4cccc(C)c4)C3)CC2)cc1. The molecule has 0 atom stereocenters. The molecule has 2 aliphatic rings. The van der Waals surface area contributed by atoms with Crippen molar-refractivity contribution in [2.75, 3.05) is 26.2 Å². The van der Waals surface area contributed by atoms with Gasteiger partial charge in [-0.25, -0.2) is 0 Å². The lowest BCUT2D eigenvalue weighted by Crippen LogP contribution is -2.63. The Labute approximate surface area is 213 Å². The van der Waals surface area contributed by atoms with Crippen LogP contribution in [0.5, 0.6) is 0 Å². The fourth-order valence-corrected chi connectivity index (χ4v) is 5.29. The number of hydrogen-bond acceptors (Lipinski definition) is 5. The molecule has 1 saturated heterocycles. The molecule has 0 spiro atoms. The normalized spacial score (nSPS) is 20.3. The maximum atomic E-state index is 12.3. The smallest absolute Gasteiger partial charge is 0.310 e. The second kappa shape index (κ2) is 12.2. The highest BCUT2D eigenvalue weighted by Gasteiger charge is 2.35. The molecule has 36 heavy (non-hydrogen) atoms. The highest BCUT2D eigenvalue weighted by Crippen LogP contribution is 2.36. The van der Waals surface area contributed by atoms with E-state index in [1.165, 1.54) is 5.56 Å². The summed E-state index contributed by atoms with van der Waals surface area (Å²) in [6, 6.07) is 16.5. The molecule has 7 nitrogen and oxygen atoms in total. The Bertz CT molecular complexity index is 1050. The topological polar surface area (TPSA) is 87.7 Å². The van der Waals surface area contributed by atoms with Crippen molar-refractivity contribution in [2.45, 2.75) is 64.0 Å². The predicted octanol–water partition coefficient (Wildman–Crippen LogP) is 3.36. The Morgan fingerprint density at radius 1 is 1.00 bits per heavy atom. The first-order chi connectivity index (χ1) is 17.4. The highest BCUT2D eigenvalue weighted by atomic mass is 16.5. The Morgan fingerprint density at radius 3 is 2.39 bits per heavy atom. The molecular formula is C29H37N3O4. The zero-order valence-electron chi connectivity index (χ0n) is 21.3. The Kier molecular flexibility index (Phi) is 8.75. The molecule has 2 aromatic rings. The van der Waals surface area contributed by atoms with E-state index in [4.69, 9.17) is 4.74 Å². The van der Waals surface area contributed by atoms with Crippen LogP contribution >= 0.6 is 0 Å². The van der Waals surface area contributed by atoms with Gasteiger partial charge in [0, 0.05) is 24.7 Å². The standard InChI is InChI=1S/C29H37N3O4/c1-3-36-28(34)16-21-7-9-22(10-8-21)23-11-13-26(14-12-23)32-18-25(19-32)31-27(33)17-30-29(35)24-6-4-5-20(2)15-24/h4-10,15,23,25-26H,3,11-14,16-19H2,1-2H3,(H,30,35)(H,31,33). The summed E-state index contributed by atoms with van der Waals surface area (Å²) in [4.78, 5) is 38.6. The molecular weight excluding hydrogens is 454 g/mol. The summed E-state index contributed by atoms with van der Waals surface area (Å²) in [5.41, 5.74) is 3.93. The fraction of sp³-hybridized carbons (Fsp3) is 0.483. The molecule has 1 aliphatic heterocycles. The van der Waals surface area contributed by atoms with Crippen LogP contribution in [0, 0.1) is 6.92 Å². The summed E-state index contributed by atoms with van der Waals surface area (Å²) in [5, 5.41) is 5.74. The number of carbonyl (C=O) groups excluding carboxylic acids is 3. The van der Waals surface area contributed by atoms with E-state index in [2.05, 4.69) is 27.7 Å². The van der Waals surface area contributed by atoms with Crippen molar-refractivity contribution in [2.24, 2.45) is 0 Å². The number of hydrogen-bond donors (Lipinski definition) is 2. The molecule has 2 N–H and O–H groups in total. The van der Waals surface area contributed by atoms with E-state index in [0.717, 1.165) is 49.9 Å². The zero-order chi connectivity index (χ0) is 25.5. The van der Waals surface area contributed by atoms with Crippen LogP contribution in [0.1, 0.15) is 65.6 Å². The van der Waals surface area contributed by atoms with E-state index in [1.807, 2.05) is 44.2 Å². The van der Waals surface area contributed by atoms with E-state index in [-0.39, 0.29) is 30.4 Å². The first-order valence-electron chi connectivity index (χ1n) is 13.0. The maximum absolute atomic E-state index is 12.3. The number of likely N-dealkylation sites (tertiary alicyclic amines) is 1. The third-order valence-electron chi connectivity index (χ3n) is 7.28. The van der Waals surface area contributed by atoms with E-state index in [0.29, 0.717) is 30.6 Å². The van der Waals surface area contributed by atoms with Crippen molar-refractivity contribution in [3.63, 3.8) is 0 Å². The van der Waals surface area contributed by atoms with Gasteiger partial charge in [-0.1, -0.05) is 42.0 Å². The van der Waals surface area contributed by atoms with Gasteiger partial charge in [-0.15, -0.1) is 0 Å². The number of esters is 1. The molecule has 2 amide bonds. The second-order valence-electron chi connectivity index (χ2n) is 10.00. The van der Waals surface area contributed by atoms with Crippen molar-refractivity contribution >= 4 is 17.8 Å². The van der Waals surface area contributed by atoms with Crippen molar-refractivity contribution in [1.82, 2.24) is 15.5 Å². The number of benzene rings is 2. The lowest BCUT2D eigenvalue weighted by atomic mass is 9.80. The number of nitrogens with zero attached hydrogens (tertiary/aromatic N) is 1. The third-order valence-corrected chi connectivity index (χ3v) is 7.28. The highest BCUT2D eigenvalue weighted by molar-refractivity contribution is 5.96. The maximum Gasteiger partial charge on any atom is 0.310 e.